The van der Waals surface area contributed by atoms with Crippen molar-refractivity contribution in [2.45, 2.75) is 13.5 Å². The number of anilines is 1. The van der Waals surface area contributed by atoms with Crippen LogP contribution in [0.5, 0.6) is 11.5 Å². The lowest BCUT2D eigenvalue weighted by molar-refractivity contribution is 0.101. The third kappa shape index (κ3) is 3.89. The lowest BCUT2D eigenvalue weighted by Gasteiger charge is -2.12. The molecule has 1 heterocycles. The highest BCUT2D eigenvalue weighted by molar-refractivity contribution is 5.96. The van der Waals surface area contributed by atoms with Crippen LogP contribution in [-0.4, -0.2) is 35.0 Å². The summed E-state index contributed by atoms with van der Waals surface area (Å²) in [7, 11) is 3.14. The van der Waals surface area contributed by atoms with Gasteiger partial charge in [0.2, 0.25) is 0 Å². The molecule has 0 amide bonds. The molecule has 1 aromatic heterocycles. The topological polar surface area (TPSA) is 78.3 Å². The van der Waals surface area contributed by atoms with Gasteiger partial charge < -0.3 is 14.8 Å². The van der Waals surface area contributed by atoms with Crippen LogP contribution >= 0.6 is 0 Å². The lowest BCUT2D eigenvalue weighted by Crippen LogP contribution is -2.09. The molecule has 0 unspecified atom stereocenters. The molecule has 0 saturated carbocycles. The van der Waals surface area contributed by atoms with Gasteiger partial charge >= 0.3 is 0 Å². The molecular formula is C19H19FN4O3. The number of rotatable bonds is 7. The molecule has 7 nitrogen and oxygen atoms in total. The minimum Gasteiger partial charge on any atom is -0.493 e. The van der Waals surface area contributed by atoms with E-state index < -0.39 is 0 Å². The fraction of sp³-hybridized carbons (Fsp3) is 0.211. The number of ketones is 1. The summed E-state index contributed by atoms with van der Waals surface area (Å²) in [6.45, 7) is 1.82. The second kappa shape index (κ2) is 7.86. The molecule has 8 heteroatoms. The first kappa shape index (κ1) is 18.4. The summed E-state index contributed by atoms with van der Waals surface area (Å²) < 4.78 is 25.2. The number of Topliss-reactive ketones (excluding diaryl/α,β-unsaturated/α-hetero) is 1. The quantitative estimate of drug-likeness (QED) is 0.644. The van der Waals surface area contributed by atoms with E-state index in [0.29, 0.717) is 29.5 Å². The standard InChI is InChI=1S/C19H19FN4O3/c1-12(25)18-19(24(23-22-18)15-7-5-14(20)6-8-15)21-11-13-4-9-16(26-2)17(10-13)27-3/h4-10,21H,11H2,1-3H3. The van der Waals surface area contributed by atoms with Gasteiger partial charge in [0, 0.05) is 13.5 Å². The van der Waals surface area contributed by atoms with Gasteiger partial charge in [0.25, 0.3) is 0 Å². The molecule has 0 atom stereocenters. The second-order valence-electron chi connectivity index (χ2n) is 5.77. The Bertz CT molecular complexity index is 954. The van der Waals surface area contributed by atoms with E-state index in [1.54, 1.807) is 32.4 Å². The Balaban J connectivity index is 1.90. The molecule has 0 aliphatic heterocycles. The maximum atomic E-state index is 13.2. The summed E-state index contributed by atoms with van der Waals surface area (Å²) in [5, 5.41) is 11.2. The fourth-order valence-corrected chi connectivity index (χ4v) is 2.62. The summed E-state index contributed by atoms with van der Waals surface area (Å²) in [5.74, 6) is 1.09. The highest BCUT2D eigenvalue weighted by Crippen LogP contribution is 2.28. The number of nitrogens with one attached hydrogen (secondary N) is 1. The minimum atomic E-state index is -0.356. The van der Waals surface area contributed by atoms with Gasteiger partial charge in [0.15, 0.2) is 28.8 Å². The zero-order chi connectivity index (χ0) is 19.4. The molecule has 0 aliphatic rings. The zero-order valence-electron chi connectivity index (χ0n) is 15.2. The number of nitrogens with zero attached hydrogens (tertiary/aromatic N) is 3. The van der Waals surface area contributed by atoms with Gasteiger partial charge in [0.1, 0.15) is 5.82 Å². The molecular weight excluding hydrogens is 351 g/mol. The number of benzene rings is 2. The van der Waals surface area contributed by atoms with Crippen molar-refractivity contribution in [3.8, 4) is 17.2 Å². The van der Waals surface area contributed by atoms with Crippen molar-refractivity contribution >= 4 is 11.6 Å². The van der Waals surface area contributed by atoms with Crippen molar-refractivity contribution in [3.63, 3.8) is 0 Å². The summed E-state index contributed by atoms with van der Waals surface area (Å²) in [4.78, 5) is 11.9. The van der Waals surface area contributed by atoms with Crippen LogP contribution in [-0.2, 0) is 6.54 Å². The first-order chi connectivity index (χ1) is 13.0. The SMILES string of the molecule is COc1ccc(CNc2c(C(C)=O)nnn2-c2ccc(F)cc2)cc1OC. The number of hydrogen-bond donors (Lipinski definition) is 1. The van der Waals surface area contributed by atoms with Crippen molar-refractivity contribution in [1.82, 2.24) is 15.0 Å². The third-order valence-corrected chi connectivity index (χ3v) is 3.98. The number of methoxy groups -OCH3 is 2. The molecule has 27 heavy (non-hydrogen) atoms. The number of carbonyl (C=O) groups excluding carboxylic acids is 1. The summed E-state index contributed by atoms with van der Waals surface area (Å²) in [5.41, 5.74) is 1.71. The first-order valence-corrected chi connectivity index (χ1v) is 8.21. The van der Waals surface area contributed by atoms with E-state index in [0.717, 1.165) is 5.56 Å². The Morgan fingerprint density at radius 3 is 2.44 bits per heavy atom. The summed E-state index contributed by atoms with van der Waals surface area (Å²) >= 11 is 0. The van der Waals surface area contributed by atoms with E-state index in [2.05, 4.69) is 15.6 Å². The molecule has 3 rings (SSSR count). The molecule has 2 aromatic carbocycles. The van der Waals surface area contributed by atoms with E-state index in [1.807, 2.05) is 12.1 Å². The first-order valence-electron chi connectivity index (χ1n) is 8.21. The molecule has 0 spiro atoms. The molecule has 0 bridgehead atoms. The van der Waals surface area contributed by atoms with Crippen molar-refractivity contribution in [2.24, 2.45) is 0 Å². The van der Waals surface area contributed by atoms with Crippen LogP contribution in [0, 0.1) is 5.82 Å². The van der Waals surface area contributed by atoms with Crippen LogP contribution < -0.4 is 14.8 Å². The van der Waals surface area contributed by atoms with Gasteiger partial charge in [-0.3, -0.25) is 4.79 Å². The van der Waals surface area contributed by atoms with Crippen LogP contribution in [0.2, 0.25) is 0 Å². The Morgan fingerprint density at radius 2 is 1.81 bits per heavy atom. The molecule has 1 N–H and O–H groups in total. The number of halogens is 1. The number of ether oxygens (including phenoxy) is 2. The van der Waals surface area contributed by atoms with E-state index in [9.17, 15) is 9.18 Å². The van der Waals surface area contributed by atoms with E-state index in [1.165, 1.54) is 23.7 Å². The minimum absolute atomic E-state index is 0.208. The van der Waals surface area contributed by atoms with Gasteiger partial charge in [-0.2, -0.15) is 4.68 Å². The predicted molar refractivity (Wildman–Crippen MR) is 98.2 cm³/mol. The van der Waals surface area contributed by atoms with E-state index in [4.69, 9.17) is 9.47 Å². The Morgan fingerprint density at radius 1 is 1.11 bits per heavy atom. The average molecular weight is 370 g/mol. The number of carbonyl (C=O) groups is 1. The highest BCUT2D eigenvalue weighted by Gasteiger charge is 2.18. The van der Waals surface area contributed by atoms with Crippen LogP contribution in [0.15, 0.2) is 42.5 Å². The Kier molecular flexibility index (Phi) is 5.35. The van der Waals surface area contributed by atoms with E-state index in [-0.39, 0.29) is 17.3 Å². The average Bonchev–Trinajstić information content (AvgIpc) is 3.10. The molecule has 140 valence electrons. The monoisotopic (exact) mass is 370 g/mol. The third-order valence-electron chi connectivity index (χ3n) is 3.98. The zero-order valence-corrected chi connectivity index (χ0v) is 15.2. The van der Waals surface area contributed by atoms with Gasteiger partial charge in [-0.15, -0.1) is 5.10 Å². The normalized spacial score (nSPS) is 10.5. The number of aromatic nitrogens is 3. The maximum absolute atomic E-state index is 13.2. The highest BCUT2D eigenvalue weighted by atomic mass is 19.1. The van der Waals surface area contributed by atoms with Crippen molar-refractivity contribution < 1.29 is 18.7 Å². The van der Waals surface area contributed by atoms with Gasteiger partial charge in [0.05, 0.1) is 19.9 Å². The largest absolute Gasteiger partial charge is 0.493 e. The lowest BCUT2D eigenvalue weighted by atomic mass is 10.2. The van der Waals surface area contributed by atoms with Crippen molar-refractivity contribution in [3.05, 3.63) is 59.5 Å². The predicted octanol–water partition coefficient (Wildman–Crippen LogP) is 3.24. The van der Waals surface area contributed by atoms with Crippen LogP contribution in [0.3, 0.4) is 0 Å². The molecule has 0 radical (unpaired) electrons. The molecule has 0 saturated heterocycles. The van der Waals surface area contributed by atoms with Gasteiger partial charge in [-0.1, -0.05) is 11.3 Å². The van der Waals surface area contributed by atoms with E-state index >= 15 is 0 Å². The fourth-order valence-electron chi connectivity index (χ4n) is 2.62. The smallest absolute Gasteiger partial charge is 0.183 e. The molecule has 0 aliphatic carbocycles. The Hall–Kier alpha value is -3.42. The van der Waals surface area contributed by atoms with Crippen molar-refractivity contribution in [1.29, 1.82) is 0 Å². The van der Waals surface area contributed by atoms with Gasteiger partial charge in [-0.25, -0.2) is 4.39 Å². The maximum Gasteiger partial charge on any atom is 0.183 e. The molecule has 0 fully saturated rings. The molecule has 3 aromatic rings. The van der Waals surface area contributed by atoms with Crippen LogP contribution in [0.25, 0.3) is 5.69 Å². The summed E-state index contributed by atoms with van der Waals surface area (Å²) in [6, 6.07) is 11.3. The Labute approximate surface area is 155 Å². The summed E-state index contributed by atoms with van der Waals surface area (Å²) in [6.07, 6.45) is 0. The number of hydrogen-bond acceptors (Lipinski definition) is 6. The van der Waals surface area contributed by atoms with Crippen molar-refractivity contribution in [2.75, 3.05) is 19.5 Å². The van der Waals surface area contributed by atoms with Crippen LogP contribution in [0.4, 0.5) is 10.2 Å². The second-order valence-corrected chi connectivity index (χ2v) is 5.77. The van der Waals surface area contributed by atoms with Crippen LogP contribution in [0.1, 0.15) is 23.0 Å². The van der Waals surface area contributed by atoms with Gasteiger partial charge in [-0.05, 0) is 42.0 Å².